The molecular formula is C18H12N2. The van der Waals surface area contributed by atoms with E-state index in [9.17, 15) is 0 Å². The van der Waals surface area contributed by atoms with Gasteiger partial charge in [-0.15, -0.1) is 0 Å². The van der Waals surface area contributed by atoms with Crippen molar-refractivity contribution >= 4 is 16.5 Å². The van der Waals surface area contributed by atoms with Crippen LogP contribution in [0.15, 0.2) is 66.7 Å². The van der Waals surface area contributed by atoms with Gasteiger partial charge in [-0.25, -0.2) is 0 Å². The lowest BCUT2D eigenvalue weighted by molar-refractivity contribution is 1.44. The Balaban J connectivity index is 2.01. The third-order valence-electron chi connectivity index (χ3n) is 3.34. The first-order valence-corrected chi connectivity index (χ1v) is 6.36. The molecule has 0 heterocycles. The molecule has 2 heteroatoms. The van der Waals surface area contributed by atoms with Crippen LogP contribution in [0.3, 0.4) is 0 Å². The van der Waals surface area contributed by atoms with Gasteiger partial charge in [0.05, 0.1) is 17.3 Å². The second kappa shape index (κ2) is 4.99. The minimum absolute atomic E-state index is 0.472. The van der Waals surface area contributed by atoms with Crippen LogP contribution in [0.1, 0.15) is 16.7 Å². The summed E-state index contributed by atoms with van der Waals surface area (Å²) in [6, 6.07) is 23.3. The van der Waals surface area contributed by atoms with Gasteiger partial charge in [-0.1, -0.05) is 48.5 Å². The van der Waals surface area contributed by atoms with Crippen molar-refractivity contribution in [1.29, 1.82) is 10.7 Å². The summed E-state index contributed by atoms with van der Waals surface area (Å²) in [5.41, 5.74) is 2.79. The molecule has 0 atom stereocenters. The number of benzene rings is 3. The normalized spacial score (nSPS) is 10.2. The van der Waals surface area contributed by atoms with Gasteiger partial charge >= 0.3 is 0 Å². The molecule has 0 aliphatic rings. The number of nitrogens with one attached hydrogen (secondary N) is 1. The maximum Gasteiger partial charge on any atom is 0.0991 e. The van der Waals surface area contributed by atoms with Gasteiger partial charge in [-0.3, -0.25) is 5.41 Å². The van der Waals surface area contributed by atoms with Crippen molar-refractivity contribution < 1.29 is 0 Å². The Hall–Kier alpha value is -2.92. The molecule has 3 aromatic rings. The summed E-state index contributed by atoms with van der Waals surface area (Å²) in [4.78, 5) is 0. The number of nitriles is 1. The summed E-state index contributed by atoms with van der Waals surface area (Å²) in [7, 11) is 0. The van der Waals surface area contributed by atoms with Crippen LogP contribution < -0.4 is 0 Å². The average Bonchev–Trinajstić information content (AvgIpc) is 2.54. The monoisotopic (exact) mass is 256 g/mol. The van der Waals surface area contributed by atoms with Crippen molar-refractivity contribution in [2.24, 2.45) is 0 Å². The van der Waals surface area contributed by atoms with E-state index in [1.54, 1.807) is 12.1 Å². The lowest BCUT2D eigenvalue weighted by Gasteiger charge is -2.06. The highest BCUT2D eigenvalue weighted by molar-refractivity contribution is 6.12. The molecule has 94 valence electrons. The Morgan fingerprint density at radius 2 is 1.45 bits per heavy atom. The van der Waals surface area contributed by atoms with Crippen LogP contribution in [0.4, 0.5) is 0 Å². The van der Waals surface area contributed by atoms with Gasteiger partial charge in [0.1, 0.15) is 0 Å². The molecule has 0 aromatic heterocycles. The summed E-state index contributed by atoms with van der Waals surface area (Å²) in [6.07, 6.45) is 0. The molecule has 0 aliphatic carbocycles. The number of fused-ring (bicyclic) bond motifs is 1. The predicted molar refractivity (Wildman–Crippen MR) is 81.0 cm³/mol. The van der Waals surface area contributed by atoms with Crippen LogP contribution in [-0.4, -0.2) is 5.71 Å². The van der Waals surface area contributed by atoms with E-state index < -0.39 is 0 Å². The van der Waals surface area contributed by atoms with Crippen molar-refractivity contribution in [1.82, 2.24) is 0 Å². The maximum atomic E-state index is 8.80. The van der Waals surface area contributed by atoms with E-state index in [-0.39, 0.29) is 0 Å². The van der Waals surface area contributed by atoms with Crippen molar-refractivity contribution in [3.8, 4) is 6.07 Å². The van der Waals surface area contributed by atoms with Crippen molar-refractivity contribution in [3.63, 3.8) is 0 Å². The van der Waals surface area contributed by atoms with E-state index >= 15 is 0 Å². The van der Waals surface area contributed by atoms with E-state index in [1.165, 1.54) is 5.39 Å². The van der Waals surface area contributed by atoms with Gasteiger partial charge in [-0.05, 0) is 29.0 Å². The molecular weight excluding hydrogens is 244 g/mol. The van der Waals surface area contributed by atoms with E-state index in [1.807, 2.05) is 48.5 Å². The molecule has 1 N–H and O–H groups in total. The lowest BCUT2D eigenvalue weighted by Crippen LogP contribution is -2.01. The number of hydrogen-bond acceptors (Lipinski definition) is 2. The molecule has 20 heavy (non-hydrogen) atoms. The number of hydrogen-bond donors (Lipinski definition) is 1. The molecule has 0 radical (unpaired) electrons. The summed E-state index contributed by atoms with van der Waals surface area (Å²) in [5, 5.41) is 19.4. The molecule has 0 fully saturated rings. The first kappa shape index (κ1) is 12.1. The highest BCUT2D eigenvalue weighted by atomic mass is 14.4. The molecule has 0 saturated carbocycles. The average molecular weight is 256 g/mol. The minimum atomic E-state index is 0.472. The fourth-order valence-corrected chi connectivity index (χ4v) is 2.22. The first-order valence-electron chi connectivity index (χ1n) is 6.36. The van der Waals surface area contributed by atoms with E-state index in [0.29, 0.717) is 11.3 Å². The maximum absolute atomic E-state index is 8.80. The fraction of sp³-hybridized carbons (Fsp3) is 0. The summed E-state index contributed by atoms with van der Waals surface area (Å²) in [5.74, 6) is 0. The third kappa shape index (κ3) is 2.17. The van der Waals surface area contributed by atoms with Crippen LogP contribution >= 0.6 is 0 Å². The van der Waals surface area contributed by atoms with E-state index in [0.717, 1.165) is 16.5 Å². The molecule has 2 nitrogen and oxygen atoms in total. The topological polar surface area (TPSA) is 47.6 Å². The van der Waals surface area contributed by atoms with E-state index in [2.05, 4.69) is 12.1 Å². The van der Waals surface area contributed by atoms with Gasteiger partial charge in [0.2, 0.25) is 0 Å². The van der Waals surface area contributed by atoms with Crippen LogP contribution in [-0.2, 0) is 0 Å². The summed E-state index contributed by atoms with van der Waals surface area (Å²) < 4.78 is 0. The van der Waals surface area contributed by atoms with Gasteiger partial charge < -0.3 is 0 Å². The van der Waals surface area contributed by atoms with Gasteiger partial charge in [-0.2, -0.15) is 5.26 Å². The zero-order valence-corrected chi connectivity index (χ0v) is 10.8. The Labute approximate surface area is 117 Å². The number of nitrogens with zero attached hydrogens (tertiary/aromatic N) is 1. The Morgan fingerprint density at radius 3 is 2.15 bits per heavy atom. The highest BCUT2D eigenvalue weighted by Crippen LogP contribution is 2.18. The van der Waals surface area contributed by atoms with Crippen LogP contribution in [0.25, 0.3) is 10.8 Å². The molecule has 0 amide bonds. The predicted octanol–water partition coefficient (Wildman–Crippen LogP) is 4.13. The Kier molecular flexibility index (Phi) is 3.02. The van der Waals surface area contributed by atoms with Crippen molar-refractivity contribution in [2.45, 2.75) is 0 Å². The first-order chi connectivity index (χ1) is 9.78. The summed E-state index contributed by atoms with van der Waals surface area (Å²) >= 11 is 0. The molecule has 0 spiro atoms. The molecule has 0 bridgehead atoms. The van der Waals surface area contributed by atoms with Crippen LogP contribution in [0.2, 0.25) is 0 Å². The van der Waals surface area contributed by atoms with Gasteiger partial charge in [0, 0.05) is 11.1 Å². The molecule has 0 saturated heterocycles. The highest BCUT2D eigenvalue weighted by Gasteiger charge is 2.05. The van der Waals surface area contributed by atoms with Gasteiger partial charge in [0.25, 0.3) is 0 Å². The molecule has 3 rings (SSSR count). The third-order valence-corrected chi connectivity index (χ3v) is 3.34. The van der Waals surface area contributed by atoms with Crippen LogP contribution in [0, 0.1) is 16.7 Å². The summed E-state index contributed by atoms with van der Waals surface area (Å²) in [6.45, 7) is 0. The second-order valence-corrected chi connectivity index (χ2v) is 4.63. The zero-order chi connectivity index (χ0) is 13.9. The Bertz CT molecular complexity index is 824. The molecule has 0 unspecified atom stereocenters. The SMILES string of the molecule is N#Cc1ccc(C(=N)c2ccc3ccccc3c2)cc1. The quantitative estimate of drug-likeness (QED) is 0.688. The largest absolute Gasteiger partial charge is 0.300 e. The van der Waals surface area contributed by atoms with Crippen molar-refractivity contribution in [2.75, 3.05) is 0 Å². The lowest BCUT2D eigenvalue weighted by atomic mass is 9.99. The molecule has 0 aliphatic heterocycles. The number of rotatable bonds is 2. The fourth-order valence-electron chi connectivity index (χ4n) is 2.22. The molecule has 3 aromatic carbocycles. The van der Waals surface area contributed by atoms with Crippen LogP contribution in [0.5, 0.6) is 0 Å². The Morgan fingerprint density at radius 1 is 0.800 bits per heavy atom. The minimum Gasteiger partial charge on any atom is -0.300 e. The standard InChI is InChI=1S/C18H12N2/c19-12-13-5-7-15(8-6-13)18(20)17-10-9-14-3-1-2-4-16(14)11-17/h1-11,20H. The van der Waals surface area contributed by atoms with E-state index in [4.69, 9.17) is 10.7 Å². The zero-order valence-electron chi connectivity index (χ0n) is 10.8. The smallest absolute Gasteiger partial charge is 0.0991 e. The van der Waals surface area contributed by atoms with Crippen molar-refractivity contribution in [3.05, 3.63) is 83.4 Å². The van der Waals surface area contributed by atoms with Gasteiger partial charge in [0.15, 0.2) is 0 Å². The second-order valence-electron chi connectivity index (χ2n) is 4.63.